The van der Waals surface area contributed by atoms with Crippen molar-refractivity contribution in [1.29, 1.82) is 0 Å². The highest BCUT2D eigenvalue weighted by Crippen LogP contribution is 2.32. The molecule has 3 nitrogen and oxygen atoms in total. The molecule has 0 aromatic rings. The smallest absolute Gasteiger partial charge is 0.0702 e. The molecule has 4 atom stereocenters. The maximum atomic E-state index is 6.07. The van der Waals surface area contributed by atoms with Crippen LogP contribution < -0.4 is 5.73 Å². The van der Waals surface area contributed by atoms with Crippen LogP contribution in [0.15, 0.2) is 0 Å². The van der Waals surface area contributed by atoms with Crippen LogP contribution in [0.5, 0.6) is 0 Å². The van der Waals surface area contributed by atoms with Crippen LogP contribution in [-0.2, 0) is 4.74 Å². The Bertz CT molecular complexity index is 253. The Kier molecular flexibility index (Phi) is 6.11. The minimum absolute atomic E-state index is 0.439. The Morgan fingerprint density at radius 2 is 2.05 bits per heavy atom. The molecule has 0 amide bonds. The SMILES string of the molecule is CC1CCCC(C(CN)N(C)CC2CCCCO2)C1. The molecule has 1 saturated heterocycles. The predicted molar refractivity (Wildman–Crippen MR) is 80.2 cm³/mol. The van der Waals surface area contributed by atoms with E-state index in [-0.39, 0.29) is 0 Å². The summed E-state index contributed by atoms with van der Waals surface area (Å²) in [6.07, 6.45) is 9.74. The summed E-state index contributed by atoms with van der Waals surface area (Å²) in [7, 11) is 2.24. The van der Waals surface area contributed by atoms with E-state index >= 15 is 0 Å². The highest BCUT2D eigenvalue weighted by molar-refractivity contribution is 4.84. The average Bonchev–Trinajstić information content (AvgIpc) is 2.41. The molecular weight excluding hydrogens is 236 g/mol. The van der Waals surface area contributed by atoms with Crippen LogP contribution in [0.4, 0.5) is 0 Å². The van der Waals surface area contributed by atoms with E-state index in [0.29, 0.717) is 12.1 Å². The first-order chi connectivity index (χ1) is 9.20. The zero-order valence-corrected chi connectivity index (χ0v) is 12.8. The van der Waals surface area contributed by atoms with Crippen molar-refractivity contribution in [3.05, 3.63) is 0 Å². The fourth-order valence-corrected chi connectivity index (χ4v) is 3.97. The van der Waals surface area contributed by atoms with Gasteiger partial charge in [0.2, 0.25) is 0 Å². The van der Waals surface area contributed by atoms with Gasteiger partial charge >= 0.3 is 0 Å². The number of ether oxygens (including phenoxy) is 1. The Morgan fingerprint density at radius 3 is 2.68 bits per heavy atom. The fourth-order valence-electron chi connectivity index (χ4n) is 3.97. The highest BCUT2D eigenvalue weighted by Gasteiger charge is 2.29. The molecule has 19 heavy (non-hydrogen) atoms. The third kappa shape index (κ3) is 4.44. The molecule has 1 aliphatic heterocycles. The van der Waals surface area contributed by atoms with Gasteiger partial charge in [0.25, 0.3) is 0 Å². The van der Waals surface area contributed by atoms with Gasteiger partial charge in [-0.3, -0.25) is 4.90 Å². The molecule has 2 aliphatic rings. The molecule has 1 heterocycles. The quantitative estimate of drug-likeness (QED) is 0.833. The normalized spacial score (nSPS) is 34.4. The maximum absolute atomic E-state index is 6.07. The van der Waals surface area contributed by atoms with Crippen LogP contribution in [0.3, 0.4) is 0 Å². The van der Waals surface area contributed by atoms with Gasteiger partial charge < -0.3 is 10.5 Å². The Labute approximate surface area is 118 Å². The van der Waals surface area contributed by atoms with Gasteiger partial charge in [-0.05, 0) is 51.0 Å². The van der Waals surface area contributed by atoms with Gasteiger partial charge in [0.05, 0.1) is 6.10 Å². The van der Waals surface area contributed by atoms with Gasteiger partial charge in [0.1, 0.15) is 0 Å². The zero-order chi connectivity index (χ0) is 13.7. The first-order valence-electron chi connectivity index (χ1n) is 8.22. The largest absolute Gasteiger partial charge is 0.377 e. The van der Waals surface area contributed by atoms with Crippen LogP contribution in [0.2, 0.25) is 0 Å². The molecule has 2 N–H and O–H groups in total. The molecule has 4 unspecified atom stereocenters. The molecule has 2 fully saturated rings. The lowest BCUT2D eigenvalue weighted by Gasteiger charge is -2.39. The molecule has 0 aromatic carbocycles. The van der Waals surface area contributed by atoms with E-state index in [0.717, 1.165) is 31.5 Å². The van der Waals surface area contributed by atoms with Gasteiger partial charge in [-0.1, -0.05) is 19.8 Å². The van der Waals surface area contributed by atoms with E-state index in [9.17, 15) is 0 Å². The molecule has 0 aromatic heterocycles. The van der Waals surface area contributed by atoms with E-state index in [2.05, 4.69) is 18.9 Å². The molecule has 1 aliphatic carbocycles. The predicted octanol–water partition coefficient (Wildman–Crippen LogP) is 2.64. The van der Waals surface area contributed by atoms with Gasteiger partial charge in [0.15, 0.2) is 0 Å². The molecule has 3 heteroatoms. The van der Waals surface area contributed by atoms with Gasteiger partial charge in [-0.2, -0.15) is 0 Å². The van der Waals surface area contributed by atoms with Crippen molar-refractivity contribution >= 4 is 0 Å². The summed E-state index contributed by atoms with van der Waals surface area (Å²) in [5.74, 6) is 1.68. The third-order valence-corrected chi connectivity index (χ3v) is 5.09. The summed E-state index contributed by atoms with van der Waals surface area (Å²) >= 11 is 0. The number of nitrogens with two attached hydrogens (primary N) is 1. The summed E-state index contributed by atoms with van der Waals surface area (Å²) in [6, 6.07) is 0.549. The summed E-state index contributed by atoms with van der Waals surface area (Å²) in [6.45, 7) is 5.20. The van der Waals surface area contributed by atoms with E-state index in [1.54, 1.807) is 0 Å². The second-order valence-corrected chi connectivity index (χ2v) is 6.76. The minimum atomic E-state index is 0.439. The van der Waals surface area contributed by atoms with Crippen molar-refractivity contribution in [2.24, 2.45) is 17.6 Å². The molecule has 0 bridgehead atoms. The molecule has 0 spiro atoms. The molecule has 1 saturated carbocycles. The summed E-state index contributed by atoms with van der Waals surface area (Å²) < 4.78 is 5.87. The fraction of sp³-hybridized carbons (Fsp3) is 1.00. The zero-order valence-electron chi connectivity index (χ0n) is 12.8. The number of rotatable bonds is 5. The van der Waals surface area contributed by atoms with Crippen LogP contribution in [0, 0.1) is 11.8 Å². The Balaban J connectivity index is 1.84. The molecule has 112 valence electrons. The van der Waals surface area contributed by atoms with Crippen molar-refractivity contribution in [2.75, 3.05) is 26.7 Å². The third-order valence-electron chi connectivity index (χ3n) is 5.09. The van der Waals surface area contributed by atoms with Crippen LogP contribution in [-0.4, -0.2) is 43.8 Å². The lowest BCUT2D eigenvalue weighted by atomic mass is 9.78. The van der Waals surface area contributed by atoms with E-state index in [4.69, 9.17) is 10.5 Å². The number of hydrogen-bond acceptors (Lipinski definition) is 3. The van der Waals surface area contributed by atoms with E-state index in [1.165, 1.54) is 44.9 Å². The second kappa shape index (κ2) is 7.61. The Hall–Kier alpha value is -0.120. The van der Waals surface area contributed by atoms with Crippen molar-refractivity contribution < 1.29 is 4.74 Å². The maximum Gasteiger partial charge on any atom is 0.0702 e. The van der Waals surface area contributed by atoms with E-state index < -0.39 is 0 Å². The van der Waals surface area contributed by atoms with E-state index in [1.807, 2.05) is 0 Å². The van der Waals surface area contributed by atoms with Gasteiger partial charge in [-0.15, -0.1) is 0 Å². The summed E-state index contributed by atoms with van der Waals surface area (Å²) in [5, 5.41) is 0. The Morgan fingerprint density at radius 1 is 1.21 bits per heavy atom. The van der Waals surface area contributed by atoms with Crippen molar-refractivity contribution in [2.45, 2.75) is 64.0 Å². The summed E-state index contributed by atoms with van der Waals surface area (Å²) in [5.41, 5.74) is 6.07. The first-order valence-corrected chi connectivity index (χ1v) is 8.22. The van der Waals surface area contributed by atoms with Crippen LogP contribution in [0.1, 0.15) is 51.9 Å². The number of likely N-dealkylation sites (N-methyl/N-ethyl adjacent to an activating group) is 1. The van der Waals surface area contributed by atoms with Crippen molar-refractivity contribution in [3.8, 4) is 0 Å². The minimum Gasteiger partial charge on any atom is -0.377 e. The summed E-state index contributed by atoms with van der Waals surface area (Å²) in [4.78, 5) is 2.48. The first kappa shape index (κ1) is 15.3. The van der Waals surface area contributed by atoms with Crippen LogP contribution in [0.25, 0.3) is 0 Å². The monoisotopic (exact) mass is 268 g/mol. The topological polar surface area (TPSA) is 38.5 Å². The highest BCUT2D eigenvalue weighted by atomic mass is 16.5. The van der Waals surface area contributed by atoms with Crippen LogP contribution >= 0.6 is 0 Å². The van der Waals surface area contributed by atoms with Crippen molar-refractivity contribution in [3.63, 3.8) is 0 Å². The standard InChI is InChI=1S/C16H32N2O/c1-13-6-5-7-14(10-13)16(11-17)18(2)12-15-8-3-4-9-19-15/h13-16H,3-12,17H2,1-2H3. The number of hydrogen-bond donors (Lipinski definition) is 1. The van der Waals surface area contributed by atoms with Gasteiger partial charge in [0, 0.05) is 25.7 Å². The molecular formula is C16H32N2O. The van der Waals surface area contributed by atoms with Crippen molar-refractivity contribution in [1.82, 2.24) is 4.90 Å². The molecule has 2 rings (SSSR count). The second-order valence-electron chi connectivity index (χ2n) is 6.76. The molecule has 0 radical (unpaired) electrons. The number of nitrogens with zero attached hydrogens (tertiary/aromatic N) is 1. The average molecular weight is 268 g/mol. The lowest BCUT2D eigenvalue weighted by molar-refractivity contribution is -0.0148. The lowest BCUT2D eigenvalue weighted by Crippen LogP contribution is -2.48. The van der Waals surface area contributed by atoms with Gasteiger partial charge in [-0.25, -0.2) is 0 Å².